The Bertz CT molecular complexity index is 501. The summed E-state index contributed by atoms with van der Waals surface area (Å²) in [6.07, 6.45) is 1.45. The second-order valence-corrected chi connectivity index (χ2v) is 4.67. The van der Waals surface area contributed by atoms with Crippen LogP contribution in [0.3, 0.4) is 0 Å². The Kier molecular flexibility index (Phi) is 4.35. The average molecular weight is 283 g/mol. The number of piperidine rings is 1. The molecule has 1 aromatic rings. The van der Waals surface area contributed by atoms with Crippen molar-refractivity contribution in [1.29, 1.82) is 0 Å². The van der Waals surface area contributed by atoms with E-state index in [-0.39, 0.29) is 23.8 Å². The molecule has 1 aromatic heterocycles. The van der Waals surface area contributed by atoms with E-state index in [2.05, 4.69) is 0 Å². The van der Waals surface area contributed by atoms with E-state index in [1.54, 1.807) is 12.0 Å². The van der Waals surface area contributed by atoms with Gasteiger partial charge < -0.3 is 19.8 Å². The van der Waals surface area contributed by atoms with Gasteiger partial charge in [0.1, 0.15) is 4.92 Å². The maximum absolute atomic E-state index is 12.3. The lowest BCUT2D eigenvalue weighted by molar-refractivity contribution is -0.402. The fourth-order valence-electron chi connectivity index (χ4n) is 2.40. The number of carbonyl (C=O) groups excluding carboxylic acids is 1. The van der Waals surface area contributed by atoms with Crippen molar-refractivity contribution in [2.45, 2.75) is 25.0 Å². The van der Waals surface area contributed by atoms with Gasteiger partial charge in [-0.2, -0.15) is 0 Å². The average Bonchev–Trinajstić information content (AvgIpc) is 2.95. The van der Waals surface area contributed by atoms with Crippen molar-refractivity contribution in [3.05, 3.63) is 28.0 Å². The molecule has 20 heavy (non-hydrogen) atoms. The lowest BCUT2D eigenvalue weighted by atomic mass is 9.99. The highest BCUT2D eigenvalue weighted by atomic mass is 16.6. The van der Waals surface area contributed by atoms with E-state index in [9.17, 15) is 14.9 Å². The smallest absolute Gasteiger partial charge is 0.395 e. The van der Waals surface area contributed by atoms with Crippen molar-refractivity contribution < 1.29 is 18.9 Å². The Balaban J connectivity index is 2.12. The zero-order chi connectivity index (χ0) is 14.7. The van der Waals surface area contributed by atoms with Crippen molar-refractivity contribution in [2.75, 3.05) is 20.2 Å². The molecule has 0 bridgehead atoms. The van der Waals surface area contributed by atoms with Crippen molar-refractivity contribution in [3.8, 4) is 0 Å². The highest BCUT2D eigenvalue weighted by Gasteiger charge is 2.33. The van der Waals surface area contributed by atoms with E-state index in [1.807, 2.05) is 0 Å². The Morgan fingerprint density at radius 2 is 2.40 bits per heavy atom. The molecule has 1 fully saturated rings. The van der Waals surface area contributed by atoms with Crippen LogP contribution in [0.5, 0.6) is 0 Å². The molecule has 2 rings (SSSR count). The van der Waals surface area contributed by atoms with Crippen LogP contribution < -0.4 is 5.73 Å². The summed E-state index contributed by atoms with van der Waals surface area (Å²) in [7, 11) is 1.63. The molecule has 0 aliphatic carbocycles. The predicted molar refractivity (Wildman–Crippen MR) is 69.3 cm³/mol. The second-order valence-electron chi connectivity index (χ2n) is 4.67. The third kappa shape index (κ3) is 2.81. The first-order valence-corrected chi connectivity index (χ1v) is 6.35. The predicted octanol–water partition coefficient (Wildman–Crippen LogP) is 0.766. The van der Waals surface area contributed by atoms with Gasteiger partial charge >= 0.3 is 5.88 Å². The lowest BCUT2D eigenvalue weighted by Crippen LogP contribution is -2.51. The van der Waals surface area contributed by atoms with Gasteiger partial charge in [-0.25, -0.2) is 0 Å². The highest BCUT2D eigenvalue weighted by molar-refractivity contribution is 5.92. The summed E-state index contributed by atoms with van der Waals surface area (Å²) in [4.78, 5) is 23.8. The van der Waals surface area contributed by atoms with Gasteiger partial charge in [0.2, 0.25) is 0 Å². The number of methoxy groups -OCH3 is 1. The number of ether oxygens (including phenoxy) is 1. The Morgan fingerprint density at radius 1 is 1.65 bits per heavy atom. The normalized spacial score (nSPS) is 22.8. The quantitative estimate of drug-likeness (QED) is 0.645. The molecule has 0 spiro atoms. The van der Waals surface area contributed by atoms with Crippen molar-refractivity contribution in [3.63, 3.8) is 0 Å². The molecule has 1 aliphatic heterocycles. The summed E-state index contributed by atoms with van der Waals surface area (Å²) in [5.41, 5.74) is 5.69. The molecule has 0 aromatic carbocycles. The molecule has 8 nitrogen and oxygen atoms in total. The first-order chi connectivity index (χ1) is 9.56. The number of nitrogens with two attached hydrogens (primary N) is 1. The van der Waals surface area contributed by atoms with Crippen LogP contribution in [0.2, 0.25) is 0 Å². The number of furan rings is 1. The van der Waals surface area contributed by atoms with E-state index in [0.717, 1.165) is 0 Å². The zero-order valence-electron chi connectivity index (χ0n) is 11.2. The van der Waals surface area contributed by atoms with Crippen molar-refractivity contribution in [1.82, 2.24) is 4.90 Å². The number of amides is 1. The molecule has 1 amide bonds. The lowest BCUT2D eigenvalue weighted by Gasteiger charge is -2.37. The minimum absolute atomic E-state index is 0.0361. The molecule has 0 saturated carbocycles. The third-order valence-electron chi connectivity index (χ3n) is 3.52. The van der Waals surface area contributed by atoms with Crippen LogP contribution in [0.1, 0.15) is 23.4 Å². The summed E-state index contributed by atoms with van der Waals surface area (Å²) in [6.45, 7) is 0.808. The van der Waals surface area contributed by atoms with E-state index in [4.69, 9.17) is 14.9 Å². The van der Waals surface area contributed by atoms with Crippen molar-refractivity contribution >= 4 is 11.8 Å². The van der Waals surface area contributed by atoms with Crippen LogP contribution in [-0.2, 0) is 4.74 Å². The van der Waals surface area contributed by atoms with E-state index in [1.165, 1.54) is 12.1 Å². The maximum Gasteiger partial charge on any atom is 0.433 e. The molecular weight excluding hydrogens is 266 g/mol. The van der Waals surface area contributed by atoms with Gasteiger partial charge in [-0.15, -0.1) is 0 Å². The standard InChI is InChI=1S/C12H17N3O5/c1-19-9-4-5-14(8(6-9)7-13)12(16)10-2-3-11(20-10)15(17)18/h2-3,8-9H,4-7,13H2,1H3. The number of rotatable bonds is 4. The van der Waals surface area contributed by atoms with E-state index < -0.39 is 10.8 Å². The Labute approximate surface area is 115 Å². The molecule has 1 aliphatic rings. The number of nitro groups is 1. The monoisotopic (exact) mass is 283 g/mol. The molecule has 2 N–H and O–H groups in total. The molecule has 1 saturated heterocycles. The molecule has 2 heterocycles. The number of likely N-dealkylation sites (tertiary alicyclic amines) is 1. The van der Waals surface area contributed by atoms with Crippen LogP contribution in [-0.4, -0.2) is 48.1 Å². The Morgan fingerprint density at radius 3 is 2.95 bits per heavy atom. The summed E-state index contributed by atoms with van der Waals surface area (Å²) < 4.78 is 10.2. The number of carbonyl (C=O) groups is 1. The minimum Gasteiger partial charge on any atom is -0.395 e. The van der Waals surface area contributed by atoms with Crippen molar-refractivity contribution in [2.24, 2.45) is 5.73 Å². The molecule has 2 atom stereocenters. The summed E-state index contributed by atoms with van der Waals surface area (Å²) >= 11 is 0. The van der Waals surface area contributed by atoms with Gasteiger partial charge in [0.15, 0.2) is 5.76 Å². The largest absolute Gasteiger partial charge is 0.433 e. The summed E-state index contributed by atoms with van der Waals surface area (Å²) in [5.74, 6) is -0.849. The summed E-state index contributed by atoms with van der Waals surface area (Å²) in [6, 6.07) is 2.34. The first kappa shape index (κ1) is 14.5. The topological polar surface area (TPSA) is 112 Å². The van der Waals surface area contributed by atoms with Gasteiger partial charge in [-0.3, -0.25) is 14.9 Å². The van der Waals surface area contributed by atoms with Gasteiger partial charge in [0.25, 0.3) is 5.91 Å². The first-order valence-electron chi connectivity index (χ1n) is 6.35. The van der Waals surface area contributed by atoms with Crippen LogP contribution in [0, 0.1) is 10.1 Å². The molecule has 0 radical (unpaired) electrons. The number of nitrogens with zero attached hydrogens (tertiary/aromatic N) is 2. The Hall–Kier alpha value is -1.93. The molecular formula is C12H17N3O5. The number of hydrogen-bond donors (Lipinski definition) is 1. The van der Waals surface area contributed by atoms with Crippen LogP contribution >= 0.6 is 0 Å². The second kappa shape index (κ2) is 6.02. The van der Waals surface area contributed by atoms with Gasteiger partial charge in [0, 0.05) is 26.2 Å². The van der Waals surface area contributed by atoms with Gasteiger partial charge in [-0.1, -0.05) is 0 Å². The van der Waals surface area contributed by atoms with Crippen LogP contribution in [0.15, 0.2) is 16.5 Å². The van der Waals surface area contributed by atoms with Gasteiger partial charge in [-0.05, 0) is 18.9 Å². The number of hydrogen-bond acceptors (Lipinski definition) is 6. The third-order valence-corrected chi connectivity index (χ3v) is 3.52. The fourth-order valence-corrected chi connectivity index (χ4v) is 2.40. The fraction of sp³-hybridized carbons (Fsp3) is 0.583. The molecule has 8 heteroatoms. The maximum atomic E-state index is 12.3. The van der Waals surface area contributed by atoms with Crippen LogP contribution in [0.4, 0.5) is 5.88 Å². The summed E-state index contributed by atoms with van der Waals surface area (Å²) in [5, 5.41) is 10.6. The van der Waals surface area contributed by atoms with Gasteiger partial charge in [0.05, 0.1) is 12.2 Å². The van der Waals surface area contributed by atoms with E-state index >= 15 is 0 Å². The molecule has 2 unspecified atom stereocenters. The van der Waals surface area contributed by atoms with Crippen LogP contribution in [0.25, 0.3) is 0 Å². The van der Waals surface area contributed by atoms with E-state index in [0.29, 0.717) is 25.9 Å². The minimum atomic E-state index is -0.672. The highest BCUT2D eigenvalue weighted by Crippen LogP contribution is 2.23. The zero-order valence-corrected chi connectivity index (χ0v) is 11.2. The SMILES string of the molecule is COC1CCN(C(=O)c2ccc([N+](=O)[O-])o2)C(CN)C1. The molecule has 110 valence electrons.